The van der Waals surface area contributed by atoms with Crippen LogP contribution in [0.4, 0.5) is 0 Å². The first-order chi connectivity index (χ1) is 22.8. The van der Waals surface area contributed by atoms with E-state index in [1.807, 2.05) is 12.5 Å². The van der Waals surface area contributed by atoms with Crippen LogP contribution in [0.5, 0.6) is 5.75 Å². The van der Waals surface area contributed by atoms with E-state index in [0.29, 0.717) is 30.8 Å². The molecule has 1 aromatic rings. The lowest BCUT2D eigenvalue weighted by Crippen LogP contribution is -2.32. The van der Waals surface area contributed by atoms with Crippen molar-refractivity contribution in [3.05, 3.63) is 39.9 Å². The number of hydrogen-bond acceptors (Lipinski definition) is 16. The van der Waals surface area contributed by atoms with Crippen LogP contribution < -0.4 is 21.1 Å². The normalized spacial score (nSPS) is 18.3. The largest absolute Gasteiger partial charge is 0.490 e. The molecule has 1 fully saturated rings. The first-order valence-corrected chi connectivity index (χ1v) is 19.6. The fourth-order valence-electron chi connectivity index (χ4n) is 3.86. The molecule has 5 atom stereocenters. The second-order valence-corrected chi connectivity index (χ2v) is 14.5. The SMILES string of the molecule is CSSC(COc1cccc(C(=O)NCCN)c1)OCCOCC(=O)NCC#C[B][C@H]1C[C@@H](O[C@H](CO[N+](=O)[O-])SSC)C(CO)O1. The summed E-state index contributed by atoms with van der Waals surface area (Å²) in [6.07, 6.45) is 3.02. The smallest absolute Gasteiger partial charge is 0.294 e. The Bertz CT molecular complexity index is 1150. The van der Waals surface area contributed by atoms with E-state index in [1.165, 1.54) is 43.2 Å². The van der Waals surface area contributed by atoms with Crippen molar-refractivity contribution >= 4 is 62.3 Å². The Balaban J connectivity index is 1.63. The molecule has 1 saturated heterocycles. The van der Waals surface area contributed by atoms with Crippen LogP contribution in [0.2, 0.25) is 0 Å². The van der Waals surface area contributed by atoms with Gasteiger partial charge >= 0.3 is 0 Å². The number of nitrogens with two attached hydrogens (primary N) is 1. The summed E-state index contributed by atoms with van der Waals surface area (Å²) in [5.74, 6) is 5.61. The molecule has 1 radical (unpaired) electrons. The summed E-state index contributed by atoms with van der Waals surface area (Å²) in [5, 5.41) is 24.7. The summed E-state index contributed by atoms with van der Waals surface area (Å²) >= 11 is 0. The number of nitrogens with zero attached hydrogens (tertiary/aromatic N) is 1. The number of carbonyl (C=O) groups is 2. The fraction of sp³-hybridized carbons (Fsp3) is 0.630. The number of carbonyl (C=O) groups excluding carboxylic acids is 2. The van der Waals surface area contributed by atoms with Crippen LogP contribution in [0.1, 0.15) is 16.8 Å². The average Bonchev–Trinajstić information content (AvgIpc) is 3.46. The summed E-state index contributed by atoms with van der Waals surface area (Å²) in [6, 6.07) is 6.42. The highest BCUT2D eigenvalue weighted by Crippen LogP contribution is 2.31. The summed E-state index contributed by atoms with van der Waals surface area (Å²) < 4.78 is 28.7. The molecule has 0 aromatic heterocycles. The van der Waals surface area contributed by atoms with Gasteiger partial charge in [-0.15, -0.1) is 10.1 Å². The molecule has 2 unspecified atom stereocenters. The van der Waals surface area contributed by atoms with Crippen molar-refractivity contribution in [2.45, 2.75) is 35.5 Å². The predicted octanol–water partition coefficient (Wildman–Crippen LogP) is 0.944. The van der Waals surface area contributed by atoms with Gasteiger partial charge in [0, 0.05) is 24.7 Å². The van der Waals surface area contributed by atoms with Crippen LogP contribution in [0.15, 0.2) is 24.3 Å². The summed E-state index contributed by atoms with van der Waals surface area (Å²) in [7, 11) is 7.27. The van der Waals surface area contributed by atoms with E-state index >= 15 is 0 Å². The maximum absolute atomic E-state index is 12.1. The zero-order valence-corrected chi connectivity index (χ0v) is 29.3. The Morgan fingerprint density at radius 3 is 2.72 bits per heavy atom. The highest BCUT2D eigenvalue weighted by molar-refractivity contribution is 8.76. The van der Waals surface area contributed by atoms with Crippen molar-refractivity contribution < 1.29 is 48.3 Å². The maximum atomic E-state index is 12.1. The average molecular weight is 736 g/mol. The minimum Gasteiger partial charge on any atom is -0.490 e. The van der Waals surface area contributed by atoms with E-state index in [-0.39, 0.29) is 63.4 Å². The number of aliphatic hydroxyl groups excluding tert-OH is 1. The van der Waals surface area contributed by atoms with Crippen LogP contribution >= 0.6 is 43.2 Å². The standard InChI is InChI=1S/C27H40BN4O11S4/c1-44-46-25(17-40-20-6-3-5-19(13-20)27(35)31-10-8-29)39-12-11-38-16-24(34)30-9-4-7-28-23-14-21(22(15-33)42-23)43-26(47-45-2)18-41-32(36)37/h3,5-6,13,21-23,25-26,33H,8-12,14-18,29H2,1-2H3,(H,30,34)(H,31,35)/t21-,22?,23-,25?,26+/m1/s1. The van der Waals surface area contributed by atoms with Crippen molar-refractivity contribution in [3.63, 3.8) is 0 Å². The number of nitrogens with one attached hydrogen (secondary N) is 2. The molecule has 1 aliphatic heterocycles. The van der Waals surface area contributed by atoms with Gasteiger partial charge in [0.2, 0.25) is 5.91 Å². The predicted molar refractivity (Wildman–Crippen MR) is 185 cm³/mol. The summed E-state index contributed by atoms with van der Waals surface area (Å²) in [5.41, 5.74) is 4.98. The van der Waals surface area contributed by atoms with Crippen LogP contribution in [0.25, 0.3) is 0 Å². The molecule has 261 valence electrons. The van der Waals surface area contributed by atoms with E-state index in [0.717, 1.165) is 0 Å². The molecule has 5 N–H and O–H groups in total. The highest BCUT2D eigenvalue weighted by Gasteiger charge is 2.37. The van der Waals surface area contributed by atoms with Crippen LogP contribution in [0, 0.1) is 21.9 Å². The summed E-state index contributed by atoms with van der Waals surface area (Å²) in [6.45, 7) is 0.811. The van der Waals surface area contributed by atoms with Gasteiger partial charge in [-0.05, 0) is 37.1 Å². The first-order valence-electron chi connectivity index (χ1n) is 14.4. The van der Waals surface area contributed by atoms with E-state index in [4.69, 9.17) is 29.4 Å². The van der Waals surface area contributed by atoms with Gasteiger partial charge in [-0.2, -0.15) is 5.82 Å². The van der Waals surface area contributed by atoms with Gasteiger partial charge in [-0.3, -0.25) is 9.59 Å². The van der Waals surface area contributed by atoms with Crippen molar-refractivity contribution in [2.75, 3.05) is 71.8 Å². The molecule has 1 aliphatic rings. The van der Waals surface area contributed by atoms with E-state index in [2.05, 4.69) is 27.2 Å². The lowest BCUT2D eigenvalue weighted by atomic mass is 9.71. The van der Waals surface area contributed by atoms with E-state index < -0.39 is 28.7 Å². The molecule has 1 heterocycles. The third kappa shape index (κ3) is 17.8. The Labute approximate surface area is 290 Å². The Kier molecular flexibility index (Phi) is 21.9. The zero-order valence-electron chi connectivity index (χ0n) is 26.0. The molecule has 0 spiro atoms. The topological polar surface area (TPSA) is 203 Å². The van der Waals surface area contributed by atoms with Gasteiger partial charge < -0.3 is 50.0 Å². The first kappa shape index (κ1) is 41.1. The summed E-state index contributed by atoms with van der Waals surface area (Å²) in [4.78, 5) is 39.2. The number of hydrogen-bond donors (Lipinski definition) is 4. The molecule has 0 bridgehead atoms. The Morgan fingerprint density at radius 2 is 2.00 bits per heavy atom. The van der Waals surface area contributed by atoms with Crippen molar-refractivity contribution in [1.29, 1.82) is 0 Å². The Hall–Kier alpha value is -2.06. The highest BCUT2D eigenvalue weighted by atomic mass is 33.1. The van der Waals surface area contributed by atoms with Crippen LogP contribution in [0.3, 0.4) is 0 Å². The molecule has 15 nitrogen and oxygen atoms in total. The van der Waals surface area contributed by atoms with Gasteiger partial charge in [-0.25, -0.2) is 0 Å². The molecular weight excluding hydrogens is 695 g/mol. The third-order valence-electron chi connectivity index (χ3n) is 5.88. The van der Waals surface area contributed by atoms with Crippen LogP contribution in [-0.2, 0) is 28.6 Å². The third-order valence-corrected chi connectivity index (χ3v) is 9.66. The van der Waals surface area contributed by atoms with Gasteiger partial charge in [0.05, 0.1) is 32.5 Å². The van der Waals surface area contributed by atoms with Crippen molar-refractivity contribution in [1.82, 2.24) is 10.6 Å². The molecule has 2 rings (SSSR count). The molecule has 1 aromatic carbocycles. The Morgan fingerprint density at radius 1 is 1.21 bits per heavy atom. The van der Waals surface area contributed by atoms with Gasteiger partial charge in [-0.1, -0.05) is 55.2 Å². The molecular formula is C27H40BN4O11S4. The molecule has 0 saturated carbocycles. The van der Waals surface area contributed by atoms with Gasteiger partial charge in [0.1, 0.15) is 42.5 Å². The second-order valence-electron chi connectivity index (χ2n) is 9.28. The number of ether oxygens (including phenoxy) is 5. The molecule has 47 heavy (non-hydrogen) atoms. The maximum Gasteiger partial charge on any atom is 0.294 e. The zero-order chi connectivity index (χ0) is 34.3. The lowest BCUT2D eigenvalue weighted by molar-refractivity contribution is -0.758. The van der Waals surface area contributed by atoms with Gasteiger partial charge in [0.15, 0.2) is 0 Å². The minimum absolute atomic E-state index is 0.0928. The van der Waals surface area contributed by atoms with Crippen molar-refractivity contribution in [2.24, 2.45) is 5.73 Å². The quantitative estimate of drug-likeness (QED) is 0.0222. The monoisotopic (exact) mass is 735 g/mol. The molecule has 2 amide bonds. The van der Waals surface area contributed by atoms with Crippen LogP contribution in [-0.4, -0.2) is 130 Å². The number of benzene rings is 1. The van der Waals surface area contributed by atoms with E-state index in [1.54, 1.807) is 31.5 Å². The molecule has 20 heteroatoms. The fourth-order valence-corrected chi connectivity index (χ4v) is 6.80. The molecule has 0 aliphatic carbocycles. The number of aliphatic hydroxyl groups is 1. The number of amides is 2. The van der Waals surface area contributed by atoms with Crippen molar-refractivity contribution in [3.8, 4) is 17.5 Å². The van der Waals surface area contributed by atoms with E-state index in [9.17, 15) is 24.8 Å². The second kappa shape index (κ2) is 25.0. The van der Waals surface area contributed by atoms with Gasteiger partial charge in [0.25, 0.3) is 18.3 Å². The number of rotatable bonds is 24. The lowest BCUT2D eigenvalue weighted by Gasteiger charge is -2.22. The minimum atomic E-state index is -0.879.